The summed E-state index contributed by atoms with van der Waals surface area (Å²) < 4.78 is 22.8. The highest BCUT2D eigenvalue weighted by Crippen LogP contribution is 2.22. The average Bonchev–Trinajstić information content (AvgIpc) is 2.45. The molecule has 9 heteroatoms. The first-order valence-electron chi connectivity index (χ1n) is 6.61. The zero-order valence-electron chi connectivity index (χ0n) is 12.3. The van der Waals surface area contributed by atoms with Gasteiger partial charge < -0.3 is 9.80 Å². The second-order valence-corrected chi connectivity index (χ2v) is 7.55. The lowest BCUT2D eigenvalue weighted by molar-refractivity contribution is 0.172. The van der Waals surface area contributed by atoms with E-state index in [1.54, 1.807) is 11.0 Å². The van der Waals surface area contributed by atoms with E-state index in [0.717, 1.165) is 6.26 Å². The van der Waals surface area contributed by atoms with Gasteiger partial charge in [0.25, 0.3) is 0 Å². The van der Waals surface area contributed by atoms with Crippen LogP contribution in [0.5, 0.6) is 0 Å². The molecule has 1 saturated heterocycles. The van der Waals surface area contributed by atoms with Crippen LogP contribution in [0.2, 0.25) is 0 Å². The highest BCUT2D eigenvalue weighted by molar-refractivity contribution is 7.90. The van der Waals surface area contributed by atoms with Gasteiger partial charge in [-0.3, -0.25) is 4.79 Å². The maximum atomic E-state index is 11.5. The fourth-order valence-electron chi connectivity index (χ4n) is 2.44. The number of hydrogen-bond donors (Lipinski definition) is 0. The van der Waals surface area contributed by atoms with Crippen molar-refractivity contribution in [2.75, 3.05) is 24.2 Å². The molecule has 0 saturated carbocycles. The molecule has 2 atom stereocenters. The predicted octanol–water partition coefficient (Wildman–Crippen LogP) is 1.30. The van der Waals surface area contributed by atoms with E-state index in [1.165, 1.54) is 12.4 Å². The summed E-state index contributed by atoms with van der Waals surface area (Å²) in [6, 6.07) is -0.396. The highest BCUT2D eigenvalue weighted by atomic mass is 35.5. The van der Waals surface area contributed by atoms with Crippen LogP contribution >= 0.6 is 11.6 Å². The van der Waals surface area contributed by atoms with Crippen LogP contribution in [-0.4, -0.2) is 60.1 Å². The number of anilines is 1. The molecule has 1 aliphatic heterocycles. The van der Waals surface area contributed by atoms with Gasteiger partial charge in [0.1, 0.15) is 4.90 Å². The molecule has 120 valence electrons. The SMILES string of the molecule is C=C[C@@H]1CN(c2ncc(S(C)(=O)=O)cn2)C[C@H](C)N1C(=O)Cl. The maximum absolute atomic E-state index is 11.5. The molecule has 1 aromatic heterocycles. The topological polar surface area (TPSA) is 83.5 Å². The van der Waals surface area contributed by atoms with Crippen LogP contribution in [0.25, 0.3) is 0 Å². The molecule has 0 aliphatic carbocycles. The van der Waals surface area contributed by atoms with Crippen molar-refractivity contribution in [2.24, 2.45) is 0 Å². The predicted molar refractivity (Wildman–Crippen MR) is 83.9 cm³/mol. The summed E-state index contributed by atoms with van der Waals surface area (Å²) in [6.45, 7) is 6.55. The lowest BCUT2D eigenvalue weighted by Gasteiger charge is -2.43. The van der Waals surface area contributed by atoms with E-state index in [9.17, 15) is 13.2 Å². The van der Waals surface area contributed by atoms with Crippen molar-refractivity contribution in [1.82, 2.24) is 14.9 Å². The standard InChI is InChI=1S/C13H17ClN4O3S/c1-4-10-8-17(7-9(2)18(10)12(14)19)13-15-5-11(6-16-13)22(3,20)21/h4-6,9-10H,1,7-8H2,2-3H3/t9-,10+/m0/s1. The van der Waals surface area contributed by atoms with Gasteiger partial charge in [-0.25, -0.2) is 18.4 Å². The Bertz CT molecular complexity index is 677. The van der Waals surface area contributed by atoms with E-state index in [-0.39, 0.29) is 17.0 Å². The van der Waals surface area contributed by atoms with E-state index in [1.807, 2.05) is 11.8 Å². The minimum atomic E-state index is -3.33. The minimum Gasteiger partial charge on any atom is -0.336 e. The Balaban J connectivity index is 2.24. The molecular formula is C13H17ClN4O3S. The summed E-state index contributed by atoms with van der Waals surface area (Å²) in [6.07, 6.45) is 5.31. The molecule has 22 heavy (non-hydrogen) atoms. The Labute approximate surface area is 134 Å². The quantitative estimate of drug-likeness (QED) is 0.467. The molecule has 0 N–H and O–H groups in total. The first-order chi connectivity index (χ1) is 10.2. The molecule has 2 heterocycles. The largest absolute Gasteiger partial charge is 0.336 e. The summed E-state index contributed by atoms with van der Waals surface area (Å²) in [5, 5.41) is -0.523. The van der Waals surface area contributed by atoms with Gasteiger partial charge in [0.05, 0.1) is 18.4 Å². The van der Waals surface area contributed by atoms with Crippen LogP contribution in [-0.2, 0) is 9.84 Å². The third-order valence-electron chi connectivity index (χ3n) is 3.52. The van der Waals surface area contributed by atoms with Gasteiger partial charge in [0.15, 0.2) is 9.84 Å². The molecule has 0 bridgehead atoms. The van der Waals surface area contributed by atoms with E-state index >= 15 is 0 Å². The van der Waals surface area contributed by atoms with Crippen LogP contribution in [0.15, 0.2) is 29.9 Å². The van der Waals surface area contributed by atoms with E-state index < -0.39 is 15.2 Å². The number of aromatic nitrogens is 2. The molecule has 1 aliphatic rings. The number of sulfone groups is 1. The van der Waals surface area contributed by atoms with Gasteiger partial charge in [-0.05, 0) is 18.5 Å². The number of hydrogen-bond acceptors (Lipinski definition) is 6. The number of nitrogens with zero attached hydrogens (tertiary/aromatic N) is 4. The van der Waals surface area contributed by atoms with Crippen LogP contribution in [0.4, 0.5) is 10.7 Å². The fraction of sp³-hybridized carbons (Fsp3) is 0.462. The highest BCUT2D eigenvalue weighted by Gasteiger charge is 2.34. The molecule has 7 nitrogen and oxygen atoms in total. The number of rotatable bonds is 3. The Kier molecular flexibility index (Phi) is 4.72. The van der Waals surface area contributed by atoms with Crippen LogP contribution < -0.4 is 4.90 Å². The van der Waals surface area contributed by atoms with E-state index in [4.69, 9.17) is 11.6 Å². The molecule has 0 spiro atoms. The molecule has 0 unspecified atom stereocenters. The Morgan fingerprint density at radius 1 is 1.41 bits per heavy atom. The Morgan fingerprint density at radius 3 is 2.45 bits per heavy atom. The molecule has 0 radical (unpaired) electrons. The number of carbonyl (C=O) groups excluding carboxylic acids is 1. The first kappa shape index (κ1) is 16.7. The van der Waals surface area contributed by atoms with Crippen LogP contribution in [0.1, 0.15) is 6.92 Å². The lowest BCUT2D eigenvalue weighted by Crippen LogP contribution is -2.58. The minimum absolute atomic E-state index is 0.0686. The lowest BCUT2D eigenvalue weighted by atomic mass is 10.1. The molecule has 1 fully saturated rings. The van der Waals surface area contributed by atoms with E-state index in [2.05, 4.69) is 16.5 Å². The molecule has 1 amide bonds. The summed E-state index contributed by atoms with van der Waals surface area (Å²) in [5.74, 6) is 0.410. The fourth-order valence-corrected chi connectivity index (χ4v) is 3.22. The van der Waals surface area contributed by atoms with Gasteiger partial charge >= 0.3 is 5.37 Å². The van der Waals surface area contributed by atoms with Crippen molar-refractivity contribution < 1.29 is 13.2 Å². The Hall–Kier alpha value is -1.67. The molecule has 2 rings (SSSR count). The maximum Gasteiger partial charge on any atom is 0.317 e. The van der Waals surface area contributed by atoms with Crippen molar-refractivity contribution in [3.8, 4) is 0 Å². The number of halogens is 1. The zero-order valence-corrected chi connectivity index (χ0v) is 13.9. The second kappa shape index (κ2) is 6.21. The third kappa shape index (κ3) is 3.38. The summed E-state index contributed by atoms with van der Waals surface area (Å²) in [4.78, 5) is 23.2. The summed E-state index contributed by atoms with van der Waals surface area (Å²) in [5.41, 5.74) is 0. The van der Waals surface area contributed by atoms with Gasteiger partial charge in [-0.1, -0.05) is 6.08 Å². The third-order valence-corrected chi connectivity index (χ3v) is 4.79. The van der Waals surface area contributed by atoms with Gasteiger partial charge in [0, 0.05) is 25.4 Å². The number of piperazine rings is 1. The van der Waals surface area contributed by atoms with Gasteiger partial charge in [0.2, 0.25) is 5.95 Å². The van der Waals surface area contributed by atoms with Crippen molar-refractivity contribution >= 4 is 32.8 Å². The summed E-state index contributed by atoms with van der Waals surface area (Å²) in [7, 11) is -3.33. The zero-order chi connectivity index (χ0) is 16.5. The van der Waals surface area contributed by atoms with E-state index in [0.29, 0.717) is 19.0 Å². The van der Waals surface area contributed by atoms with Gasteiger partial charge in [-0.15, -0.1) is 6.58 Å². The smallest absolute Gasteiger partial charge is 0.317 e. The summed E-state index contributed by atoms with van der Waals surface area (Å²) >= 11 is 5.61. The van der Waals surface area contributed by atoms with Crippen LogP contribution in [0, 0.1) is 0 Å². The van der Waals surface area contributed by atoms with Crippen LogP contribution in [0.3, 0.4) is 0 Å². The van der Waals surface area contributed by atoms with Crippen molar-refractivity contribution in [2.45, 2.75) is 23.9 Å². The monoisotopic (exact) mass is 344 g/mol. The van der Waals surface area contributed by atoms with Gasteiger partial charge in [-0.2, -0.15) is 0 Å². The first-order valence-corrected chi connectivity index (χ1v) is 8.88. The molecule has 0 aromatic carbocycles. The normalized spacial score (nSPS) is 22.5. The number of carbonyl (C=O) groups is 1. The van der Waals surface area contributed by atoms with Crippen molar-refractivity contribution in [3.05, 3.63) is 25.0 Å². The Morgan fingerprint density at radius 2 is 2.00 bits per heavy atom. The van der Waals surface area contributed by atoms with Crippen molar-refractivity contribution in [1.29, 1.82) is 0 Å². The molecular weight excluding hydrogens is 328 g/mol. The average molecular weight is 345 g/mol. The van der Waals surface area contributed by atoms with Crippen molar-refractivity contribution in [3.63, 3.8) is 0 Å². The second-order valence-electron chi connectivity index (χ2n) is 5.21. The molecule has 1 aromatic rings. The number of amides is 1.